The van der Waals surface area contributed by atoms with Crippen molar-refractivity contribution in [2.75, 3.05) is 7.05 Å². The molecule has 1 amide bonds. The van der Waals surface area contributed by atoms with Crippen LogP contribution in [0, 0.1) is 0 Å². The molecule has 1 aromatic heterocycles. The minimum Gasteiger partial charge on any atom is -0.336 e. The van der Waals surface area contributed by atoms with Crippen LogP contribution in [0.15, 0.2) is 51.5 Å². The van der Waals surface area contributed by atoms with E-state index in [1.165, 1.54) is 0 Å². The predicted octanol–water partition coefficient (Wildman–Crippen LogP) is 3.88. The van der Waals surface area contributed by atoms with Crippen LogP contribution in [0.2, 0.25) is 0 Å². The van der Waals surface area contributed by atoms with E-state index < -0.39 is 0 Å². The molecule has 0 spiro atoms. The van der Waals surface area contributed by atoms with Crippen molar-refractivity contribution >= 4 is 37.8 Å². The fourth-order valence-electron chi connectivity index (χ4n) is 1.67. The Morgan fingerprint density at radius 3 is 2.74 bits per heavy atom. The first kappa shape index (κ1) is 14.2. The number of hydrogen-bond acceptors (Lipinski definition) is 2. The highest BCUT2D eigenvalue weighted by molar-refractivity contribution is 9.11. The molecule has 0 bridgehead atoms. The molecule has 19 heavy (non-hydrogen) atoms. The highest BCUT2D eigenvalue weighted by Crippen LogP contribution is 2.23. The summed E-state index contributed by atoms with van der Waals surface area (Å²) in [6.45, 7) is 0.485. The first-order valence-electron chi connectivity index (χ1n) is 5.68. The second-order valence-electron chi connectivity index (χ2n) is 4.11. The van der Waals surface area contributed by atoms with Crippen molar-refractivity contribution < 1.29 is 4.79 Å². The van der Waals surface area contributed by atoms with Crippen molar-refractivity contribution in [2.24, 2.45) is 0 Å². The van der Waals surface area contributed by atoms with Crippen LogP contribution in [0.1, 0.15) is 16.1 Å². The van der Waals surface area contributed by atoms with Gasteiger partial charge >= 0.3 is 0 Å². The smallest absolute Gasteiger partial charge is 0.255 e. The molecule has 1 aromatic carbocycles. The maximum Gasteiger partial charge on any atom is 0.255 e. The zero-order valence-electron chi connectivity index (χ0n) is 10.3. The van der Waals surface area contributed by atoms with Gasteiger partial charge in [-0.1, -0.05) is 22.0 Å². The Morgan fingerprint density at radius 1 is 1.26 bits per heavy atom. The van der Waals surface area contributed by atoms with Crippen LogP contribution in [-0.2, 0) is 6.54 Å². The van der Waals surface area contributed by atoms with Gasteiger partial charge in [0.25, 0.3) is 5.91 Å². The zero-order valence-corrected chi connectivity index (χ0v) is 13.5. The van der Waals surface area contributed by atoms with E-state index in [2.05, 4.69) is 36.8 Å². The summed E-state index contributed by atoms with van der Waals surface area (Å²) in [5.74, 6) is -0.0428. The molecule has 0 N–H and O–H groups in total. The minimum absolute atomic E-state index is 0.0428. The number of hydrogen-bond donors (Lipinski definition) is 0. The molecule has 0 saturated carbocycles. The lowest BCUT2D eigenvalue weighted by Crippen LogP contribution is -2.26. The summed E-state index contributed by atoms with van der Waals surface area (Å²) in [5, 5.41) is 0. The molecule has 3 nitrogen and oxygen atoms in total. The molecule has 0 fully saturated rings. The summed E-state index contributed by atoms with van der Waals surface area (Å²) in [6.07, 6.45) is 1.72. The monoisotopic (exact) mass is 382 g/mol. The van der Waals surface area contributed by atoms with Crippen LogP contribution in [0.3, 0.4) is 0 Å². The number of aromatic nitrogens is 1. The summed E-state index contributed by atoms with van der Waals surface area (Å²) >= 11 is 6.78. The number of benzene rings is 1. The van der Waals surface area contributed by atoms with Crippen LogP contribution in [0.25, 0.3) is 0 Å². The van der Waals surface area contributed by atoms with Crippen molar-refractivity contribution in [2.45, 2.75) is 6.54 Å². The molecule has 0 aliphatic carbocycles. The zero-order chi connectivity index (χ0) is 13.8. The van der Waals surface area contributed by atoms with E-state index >= 15 is 0 Å². The van der Waals surface area contributed by atoms with Gasteiger partial charge in [-0.2, -0.15) is 0 Å². The lowest BCUT2D eigenvalue weighted by atomic mass is 10.2. The van der Waals surface area contributed by atoms with Crippen LogP contribution in [0.5, 0.6) is 0 Å². The summed E-state index contributed by atoms with van der Waals surface area (Å²) in [6, 6.07) is 11.2. The van der Waals surface area contributed by atoms with E-state index in [1.807, 2.05) is 30.3 Å². The number of carbonyl (C=O) groups is 1. The average Bonchev–Trinajstić information content (AvgIpc) is 2.42. The van der Waals surface area contributed by atoms with E-state index in [9.17, 15) is 4.79 Å². The Labute approximate surface area is 128 Å². The van der Waals surface area contributed by atoms with Gasteiger partial charge in [0.1, 0.15) is 0 Å². The van der Waals surface area contributed by atoms with Crippen molar-refractivity contribution in [3.8, 4) is 0 Å². The van der Waals surface area contributed by atoms with Gasteiger partial charge in [-0.25, -0.2) is 0 Å². The molecule has 0 saturated heterocycles. The molecule has 0 atom stereocenters. The van der Waals surface area contributed by atoms with Gasteiger partial charge in [-0.3, -0.25) is 9.78 Å². The molecular formula is C14H12Br2N2O. The second kappa shape index (κ2) is 6.30. The van der Waals surface area contributed by atoms with Crippen molar-refractivity contribution in [1.82, 2.24) is 9.88 Å². The Hall–Kier alpha value is -1.20. The maximum atomic E-state index is 12.4. The molecule has 0 aliphatic rings. The van der Waals surface area contributed by atoms with E-state index in [1.54, 1.807) is 24.2 Å². The number of amides is 1. The van der Waals surface area contributed by atoms with Gasteiger partial charge in [0.15, 0.2) is 0 Å². The van der Waals surface area contributed by atoms with Gasteiger partial charge in [0, 0.05) is 22.2 Å². The topological polar surface area (TPSA) is 33.2 Å². The molecule has 0 aliphatic heterocycles. The van der Waals surface area contributed by atoms with Crippen LogP contribution >= 0.6 is 31.9 Å². The van der Waals surface area contributed by atoms with Crippen molar-refractivity contribution in [3.05, 3.63) is 62.8 Å². The summed E-state index contributed by atoms with van der Waals surface area (Å²) in [5.41, 5.74) is 1.50. The summed E-state index contributed by atoms with van der Waals surface area (Å²) < 4.78 is 1.67. The van der Waals surface area contributed by atoms with E-state index in [-0.39, 0.29) is 5.91 Å². The summed E-state index contributed by atoms with van der Waals surface area (Å²) in [7, 11) is 1.77. The maximum absolute atomic E-state index is 12.4. The third-order valence-corrected chi connectivity index (χ3v) is 3.82. The first-order valence-corrected chi connectivity index (χ1v) is 7.27. The lowest BCUT2D eigenvalue weighted by molar-refractivity contribution is 0.0782. The molecular weight excluding hydrogens is 372 g/mol. The van der Waals surface area contributed by atoms with Crippen molar-refractivity contribution in [1.29, 1.82) is 0 Å². The summed E-state index contributed by atoms with van der Waals surface area (Å²) in [4.78, 5) is 18.2. The Balaban J connectivity index is 2.17. The molecule has 98 valence electrons. The molecule has 2 rings (SSSR count). The number of halogens is 2. The molecule has 5 heteroatoms. The Bertz CT molecular complexity index is 587. The van der Waals surface area contributed by atoms with E-state index in [0.717, 1.165) is 14.6 Å². The Morgan fingerprint density at radius 2 is 2.05 bits per heavy atom. The number of rotatable bonds is 3. The van der Waals surface area contributed by atoms with Crippen LogP contribution < -0.4 is 0 Å². The largest absolute Gasteiger partial charge is 0.336 e. The third-order valence-electron chi connectivity index (χ3n) is 2.63. The second-order valence-corrected chi connectivity index (χ2v) is 5.88. The van der Waals surface area contributed by atoms with Crippen LogP contribution in [-0.4, -0.2) is 22.8 Å². The quantitative estimate of drug-likeness (QED) is 0.805. The first-order chi connectivity index (χ1) is 9.08. The van der Waals surface area contributed by atoms with Gasteiger partial charge in [0.05, 0.1) is 17.8 Å². The van der Waals surface area contributed by atoms with Crippen LogP contribution in [0.4, 0.5) is 0 Å². The van der Waals surface area contributed by atoms with E-state index in [0.29, 0.717) is 12.1 Å². The number of pyridine rings is 1. The normalized spacial score (nSPS) is 10.3. The predicted molar refractivity (Wildman–Crippen MR) is 81.9 cm³/mol. The average molecular weight is 384 g/mol. The van der Waals surface area contributed by atoms with E-state index in [4.69, 9.17) is 0 Å². The number of carbonyl (C=O) groups excluding carboxylic acids is 1. The fourth-order valence-corrected chi connectivity index (χ4v) is 2.45. The third kappa shape index (κ3) is 3.64. The van der Waals surface area contributed by atoms with Gasteiger partial charge in [-0.15, -0.1) is 0 Å². The lowest BCUT2D eigenvalue weighted by Gasteiger charge is -2.17. The Kier molecular flexibility index (Phi) is 4.71. The molecule has 1 heterocycles. The number of nitrogens with zero attached hydrogens (tertiary/aromatic N) is 2. The molecule has 0 radical (unpaired) electrons. The molecule has 0 unspecified atom stereocenters. The van der Waals surface area contributed by atoms with Gasteiger partial charge in [-0.05, 0) is 46.3 Å². The highest BCUT2D eigenvalue weighted by atomic mass is 79.9. The standard InChI is InChI=1S/C14H12Br2N2O/c1-18(9-11-4-2-3-7-17-11)14(19)12-8-10(15)5-6-13(12)16/h2-8H,9H2,1H3. The molecule has 2 aromatic rings. The SMILES string of the molecule is CN(Cc1ccccn1)C(=O)c1cc(Br)ccc1Br. The minimum atomic E-state index is -0.0428. The fraction of sp³-hybridized carbons (Fsp3) is 0.143. The van der Waals surface area contributed by atoms with Gasteiger partial charge in [0.2, 0.25) is 0 Å². The van der Waals surface area contributed by atoms with Crippen molar-refractivity contribution in [3.63, 3.8) is 0 Å². The highest BCUT2D eigenvalue weighted by Gasteiger charge is 2.15. The van der Waals surface area contributed by atoms with Gasteiger partial charge < -0.3 is 4.90 Å².